The molecule has 0 N–H and O–H groups in total. The van der Waals surface area contributed by atoms with Gasteiger partial charge in [-0.25, -0.2) is 0 Å². The van der Waals surface area contributed by atoms with Crippen molar-refractivity contribution in [2.75, 3.05) is 7.11 Å². The number of pyridine rings is 1. The number of hydrogen-bond donors (Lipinski definition) is 0. The van der Waals surface area contributed by atoms with Gasteiger partial charge in [-0.1, -0.05) is 42.5 Å². The molecule has 0 bridgehead atoms. The number of allylic oxidation sites excluding steroid dienone is 1. The lowest BCUT2D eigenvalue weighted by atomic mass is 9.85. The molecule has 31 heavy (non-hydrogen) atoms. The second kappa shape index (κ2) is 10.3. The quantitative estimate of drug-likeness (QED) is 0.375. The van der Waals surface area contributed by atoms with Crippen LogP contribution in [0.15, 0.2) is 79.6 Å². The minimum Gasteiger partial charge on any atom is -0.493 e. The van der Waals surface area contributed by atoms with Gasteiger partial charge in [-0.2, -0.15) is 0 Å². The lowest BCUT2D eigenvalue weighted by Gasteiger charge is -2.24. The highest BCUT2D eigenvalue weighted by Gasteiger charge is 2.23. The maximum Gasteiger partial charge on any atom is 0.164 e. The van der Waals surface area contributed by atoms with E-state index in [0.717, 1.165) is 42.7 Å². The average molecular weight is 414 g/mol. The van der Waals surface area contributed by atoms with Gasteiger partial charge in [0.25, 0.3) is 0 Å². The summed E-state index contributed by atoms with van der Waals surface area (Å²) in [5, 5.41) is 0. The Bertz CT molecular complexity index is 979. The SMILES string of the molecule is C=CCc1cc([C@H](Cc2ccncc2)c2ccccc2)cc(OC2CCCC2)c1OC. The molecular weight excluding hydrogens is 382 g/mol. The third kappa shape index (κ3) is 5.16. The van der Waals surface area contributed by atoms with E-state index in [-0.39, 0.29) is 12.0 Å². The van der Waals surface area contributed by atoms with Gasteiger partial charge in [-0.15, -0.1) is 6.58 Å². The number of aromatic nitrogens is 1. The van der Waals surface area contributed by atoms with Crippen LogP contribution in [-0.2, 0) is 12.8 Å². The summed E-state index contributed by atoms with van der Waals surface area (Å²) < 4.78 is 12.3. The molecule has 1 atom stereocenters. The van der Waals surface area contributed by atoms with Crippen LogP contribution in [0.1, 0.15) is 53.9 Å². The second-order valence-corrected chi connectivity index (χ2v) is 8.25. The van der Waals surface area contributed by atoms with Gasteiger partial charge in [0.1, 0.15) is 0 Å². The predicted molar refractivity (Wildman–Crippen MR) is 126 cm³/mol. The van der Waals surface area contributed by atoms with Crippen LogP contribution in [0.4, 0.5) is 0 Å². The monoisotopic (exact) mass is 413 g/mol. The predicted octanol–water partition coefficient (Wildman–Crippen LogP) is 6.51. The minimum atomic E-state index is 0.212. The standard InChI is InChI=1S/C28H31NO2/c1-3-9-23-19-24(20-27(28(23)30-2)31-25-12-7-8-13-25)26(22-10-5-4-6-11-22)18-21-14-16-29-17-15-21/h3-6,10-11,14-17,19-20,25-26H,1,7-9,12-13,18H2,2H3/t26-/m1/s1. The first-order valence-corrected chi connectivity index (χ1v) is 11.2. The number of methoxy groups -OCH3 is 1. The zero-order valence-electron chi connectivity index (χ0n) is 18.3. The van der Waals surface area contributed by atoms with Gasteiger partial charge in [0, 0.05) is 23.9 Å². The van der Waals surface area contributed by atoms with Gasteiger partial charge in [0.15, 0.2) is 11.5 Å². The van der Waals surface area contributed by atoms with Crippen LogP contribution in [0.2, 0.25) is 0 Å². The molecule has 0 spiro atoms. The fourth-order valence-corrected chi connectivity index (χ4v) is 4.56. The van der Waals surface area contributed by atoms with Crippen LogP contribution in [0.5, 0.6) is 11.5 Å². The van der Waals surface area contributed by atoms with Crippen LogP contribution in [-0.4, -0.2) is 18.2 Å². The fourth-order valence-electron chi connectivity index (χ4n) is 4.56. The molecule has 0 unspecified atom stereocenters. The van der Waals surface area contributed by atoms with Gasteiger partial charge >= 0.3 is 0 Å². The molecule has 0 radical (unpaired) electrons. The molecule has 1 aliphatic carbocycles. The van der Waals surface area contributed by atoms with Crippen molar-refractivity contribution in [1.29, 1.82) is 0 Å². The van der Waals surface area contributed by atoms with Crippen molar-refractivity contribution in [3.63, 3.8) is 0 Å². The van der Waals surface area contributed by atoms with Crippen molar-refractivity contribution < 1.29 is 9.47 Å². The zero-order valence-corrected chi connectivity index (χ0v) is 18.3. The van der Waals surface area contributed by atoms with Crippen molar-refractivity contribution in [1.82, 2.24) is 4.98 Å². The highest BCUT2D eigenvalue weighted by molar-refractivity contribution is 5.53. The summed E-state index contributed by atoms with van der Waals surface area (Å²) in [5.41, 5.74) is 4.93. The van der Waals surface area contributed by atoms with Gasteiger partial charge < -0.3 is 9.47 Å². The Kier molecular flexibility index (Phi) is 7.03. The Balaban J connectivity index is 1.78. The molecule has 0 aliphatic heterocycles. The molecule has 2 aromatic carbocycles. The second-order valence-electron chi connectivity index (χ2n) is 8.25. The highest BCUT2D eigenvalue weighted by atomic mass is 16.5. The summed E-state index contributed by atoms with van der Waals surface area (Å²) >= 11 is 0. The molecule has 1 heterocycles. The van der Waals surface area contributed by atoms with Crippen molar-refractivity contribution in [2.45, 2.75) is 50.5 Å². The van der Waals surface area contributed by atoms with E-state index in [2.05, 4.69) is 66.2 Å². The van der Waals surface area contributed by atoms with Gasteiger partial charge in [-0.3, -0.25) is 4.98 Å². The van der Waals surface area contributed by atoms with Crippen molar-refractivity contribution >= 4 is 0 Å². The number of nitrogens with zero attached hydrogens (tertiary/aromatic N) is 1. The van der Waals surface area contributed by atoms with Crippen molar-refractivity contribution in [2.24, 2.45) is 0 Å². The molecule has 3 heteroatoms. The first-order chi connectivity index (χ1) is 15.3. The van der Waals surface area contributed by atoms with Gasteiger partial charge in [-0.05, 0) is 73.4 Å². The fraction of sp³-hybridized carbons (Fsp3) is 0.321. The summed E-state index contributed by atoms with van der Waals surface area (Å²) in [7, 11) is 1.73. The molecule has 3 nitrogen and oxygen atoms in total. The summed E-state index contributed by atoms with van der Waals surface area (Å²) in [5.74, 6) is 1.91. The molecule has 160 valence electrons. The molecule has 3 aromatic rings. The van der Waals surface area contributed by atoms with E-state index in [9.17, 15) is 0 Å². The third-order valence-electron chi connectivity index (χ3n) is 6.11. The Morgan fingerprint density at radius 3 is 2.45 bits per heavy atom. The van der Waals surface area contributed by atoms with Gasteiger partial charge in [0.05, 0.1) is 13.2 Å². The first-order valence-electron chi connectivity index (χ1n) is 11.2. The van der Waals surface area contributed by atoms with Crippen LogP contribution >= 0.6 is 0 Å². The number of ether oxygens (including phenoxy) is 2. The first kappa shape index (κ1) is 21.2. The van der Waals surface area contributed by atoms with E-state index in [1.807, 2.05) is 18.5 Å². The lowest BCUT2D eigenvalue weighted by Crippen LogP contribution is -2.13. The third-order valence-corrected chi connectivity index (χ3v) is 6.11. The normalized spacial score (nSPS) is 14.9. The van der Waals surface area contributed by atoms with E-state index in [1.165, 1.54) is 29.5 Å². The molecule has 4 rings (SSSR count). The summed E-state index contributed by atoms with van der Waals surface area (Å²) in [6.45, 7) is 3.96. The molecule has 1 saturated carbocycles. The molecule has 1 aliphatic rings. The van der Waals surface area contributed by atoms with Crippen molar-refractivity contribution in [3.8, 4) is 11.5 Å². The molecule has 1 fully saturated rings. The summed E-state index contributed by atoms with van der Waals surface area (Å²) in [6.07, 6.45) is 12.3. The Hall–Kier alpha value is -3.07. The molecule has 0 saturated heterocycles. The molecule has 1 aromatic heterocycles. The highest BCUT2D eigenvalue weighted by Crippen LogP contribution is 2.40. The number of hydrogen-bond acceptors (Lipinski definition) is 3. The van der Waals surface area contributed by atoms with Crippen LogP contribution in [0, 0.1) is 0 Å². The van der Waals surface area contributed by atoms with E-state index < -0.39 is 0 Å². The average Bonchev–Trinajstić information content (AvgIpc) is 3.32. The van der Waals surface area contributed by atoms with E-state index in [0.29, 0.717) is 0 Å². The van der Waals surface area contributed by atoms with Crippen LogP contribution < -0.4 is 9.47 Å². The molecule has 0 amide bonds. The lowest BCUT2D eigenvalue weighted by molar-refractivity contribution is 0.200. The largest absolute Gasteiger partial charge is 0.493 e. The van der Waals surface area contributed by atoms with E-state index in [4.69, 9.17) is 9.47 Å². The van der Waals surface area contributed by atoms with Gasteiger partial charge in [0.2, 0.25) is 0 Å². The van der Waals surface area contributed by atoms with E-state index in [1.54, 1.807) is 7.11 Å². The summed E-state index contributed by atoms with van der Waals surface area (Å²) in [4.78, 5) is 4.18. The topological polar surface area (TPSA) is 31.4 Å². The Labute approximate surface area is 185 Å². The molecular formula is C28H31NO2. The maximum absolute atomic E-state index is 6.49. The Morgan fingerprint density at radius 2 is 1.77 bits per heavy atom. The van der Waals surface area contributed by atoms with Crippen molar-refractivity contribution in [3.05, 3.63) is 102 Å². The van der Waals surface area contributed by atoms with Crippen LogP contribution in [0.3, 0.4) is 0 Å². The zero-order chi connectivity index (χ0) is 21.5. The van der Waals surface area contributed by atoms with Crippen LogP contribution in [0.25, 0.3) is 0 Å². The number of rotatable bonds is 9. The Morgan fingerprint density at radius 1 is 1.03 bits per heavy atom. The summed E-state index contributed by atoms with van der Waals surface area (Å²) in [6, 6.07) is 19.4. The smallest absolute Gasteiger partial charge is 0.164 e. The van der Waals surface area contributed by atoms with E-state index >= 15 is 0 Å². The maximum atomic E-state index is 6.49. The minimum absolute atomic E-state index is 0.212. The number of benzene rings is 2.